The Labute approximate surface area is 104 Å². The Morgan fingerprint density at radius 1 is 1.41 bits per heavy atom. The van der Waals surface area contributed by atoms with Crippen LogP contribution >= 0.6 is 11.3 Å². The second kappa shape index (κ2) is 5.31. The van der Waals surface area contributed by atoms with Gasteiger partial charge in [-0.3, -0.25) is 9.98 Å². The average Bonchev–Trinajstić information content (AvgIpc) is 2.79. The van der Waals surface area contributed by atoms with Gasteiger partial charge in [0.1, 0.15) is 10.3 Å². The van der Waals surface area contributed by atoms with Crippen molar-refractivity contribution in [1.29, 1.82) is 5.41 Å². The van der Waals surface area contributed by atoms with Gasteiger partial charge in [-0.25, -0.2) is 0 Å². The molecule has 0 aliphatic carbocycles. The lowest BCUT2D eigenvalue weighted by Crippen LogP contribution is -2.23. The number of nitrogens with zero attached hydrogens (tertiary/aromatic N) is 2. The quantitative estimate of drug-likeness (QED) is 0.888. The Balaban J connectivity index is 2.53. The lowest BCUT2D eigenvalue weighted by Gasteiger charge is -2.12. The first-order valence-electron chi connectivity index (χ1n) is 5.93. The van der Waals surface area contributed by atoms with Crippen molar-refractivity contribution in [3.05, 3.63) is 16.9 Å². The molecular weight excluding hydrogens is 234 g/mol. The molecule has 0 aliphatic heterocycles. The third-order valence-electron chi connectivity index (χ3n) is 2.48. The van der Waals surface area contributed by atoms with Gasteiger partial charge < -0.3 is 4.74 Å². The van der Waals surface area contributed by atoms with Crippen molar-refractivity contribution in [2.45, 2.75) is 33.2 Å². The maximum Gasteiger partial charge on any atom is 0.299 e. The first-order chi connectivity index (χ1) is 8.27. The third kappa shape index (κ3) is 2.34. The van der Waals surface area contributed by atoms with E-state index in [9.17, 15) is 0 Å². The van der Waals surface area contributed by atoms with E-state index in [1.807, 2.05) is 16.0 Å². The minimum atomic E-state index is 0.504. The standard InChI is InChI=1S/C12H17N3OS/c1-3-6-15-10(13)9-5-8-17-11(9)14-12(15)16-7-4-2/h5,8,13H,3-4,6-7H2,1-2H3. The molecule has 0 unspecified atom stereocenters. The molecule has 4 nitrogen and oxygen atoms in total. The fourth-order valence-electron chi connectivity index (χ4n) is 1.69. The summed E-state index contributed by atoms with van der Waals surface area (Å²) >= 11 is 1.55. The van der Waals surface area contributed by atoms with E-state index in [1.165, 1.54) is 0 Å². The van der Waals surface area contributed by atoms with E-state index < -0.39 is 0 Å². The Bertz CT molecular complexity index is 558. The highest BCUT2D eigenvalue weighted by molar-refractivity contribution is 7.16. The Kier molecular flexibility index (Phi) is 3.78. The van der Waals surface area contributed by atoms with Gasteiger partial charge >= 0.3 is 0 Å². The summed E-state index contributed by atoms with van der Waals surface area (Å²) in [7, 11) is 0. The Morgan fingerprint density at radius 2 is 2.24 bits per heavy atom. The molecule has 0 aromatic carbocycles. The maximum atomic E-state index is 8.19. The molecule has 0 fully saturated rings. The minimum absolute atomic E-state index is 0.504. The van der Waals surface area contributed by atoms with Crippen LogP contribution in [0.2, 0.25) is 0 Å². The van der Waals surface area contributed by atoms with E-state index in [0.717, 1.165) is 29.6 Å². The molecule has 1 N–H and O–H groups in total. The van der Waals surface area contributed by atoms with Crippen LogP contribution in [-0.4, -0.2) is 16.2 Å². The van der Waals surface area contributed by atoms with Crippen molar-refractivity contribution < 1.29 is 4.74 Å². The molecule has 0 saturated heterocycles. The van der Waals surface area contributed by atoms with E-state index in [4.69, 9.17) is 10.1 Å². The van der Waals surface area contributed by atoms with Crippen molar-refractivity contribution in [1.82, 2.24) is 9.55 Å². The fourth-order valence-corrected chi connectivity index (χ4v) is 2.45. The summed E-state index contributed by atoms with van der Waals surface area (Å²) in [5.41, 5.74) is 0.504. The van der Waals surface area contributed by atoms with Crippen LogP contribution in [0.3, 0.4) is 0 Å². The predicted octanol–water partition coefficient (Wildman–Crippen LogP) is 2.78. The summed E-state index contributed by atoms with van der Waals surface area (Å²) in [5, 5.41) is 11.1. The van der Waals surface area contributed by atoms with Crippen LogP contribution in [0.5, 0.6) is 6.01 Å². The highest BCUT2D eigenvalue weighted by atomic mass is 32.1. The molecule has 5 heteroatoms. The van der Waals surface area contributed by atoms with Gasteiger partial charge in [0, 0.05) is 6.54 Å². The SMILES string of the molecule is CCCOc1nc2sccc2c(=N)n1CCC. The van der Waals surface area contributed by atoms with Crippen LogP contribution in [-0.2, 0) is 6.54 Å². The first kappa shape index (κ1) is 12.1. The summed E-state index contributed by atoms with van der Waals surface area (Å²) < 4.78 is 7.49. The second-order valence-electron chi connectivity index (χ2n) is 3.88. The van der Waals surface area contributed by atoms with Crippen LogP contribution < -0.4 is 10.2 Å². The van der Waals surface area contributed by atoms with Gasteiger partial charge in [-0.1, -0.05) is 13.8 Å². The minimum Gasteiger partial charge on any atom is -0.465 e. The zero-order valence-electron chi connectivity index (χ0n) is 10.2. The molecule has 0 radical (unpaired) electrons. The highest BCUT2D eigenvalue weighted by Crippen LogP contribution is 2.18. The van der Waals surface area contributed by atoms with Crippen molar-refractivity contribution in [2.24, 2.45) is 0 Å². The number of hydrogen-bond acceptors (Lipinski definition) is 4. The smallest absolute Gasteiger partial charge is 0.299 e. The van der Waals surface area contributed by atoms with E-state index in [2.05, 4.69) is 18.8 Å². The normalized spacial score (nSPS) is 10.9. The van der Waals surface area contributed by atoms with E-state index in [1.54, 1.807) is 11.3 Å². The Hall–Kier alpha value is -1.36. The van der Waals surface area contributed by atoms with Crippen molar-refractivity contribution >= 4 is 21.6 Å². The zero-order chi connectivity index (χ0) is 12.3. The molecule has 0 bridgehead atoms. The number of nitrogens with one attached hydrogen (secondary N) is 1. The van der Waals surface area contributed by atoms with Gasteiger partial charge in [0.25, 0.3) is 6.01 Å². The van der Waals surface area contributed by atoms with Crippen LogP contribution in [0.15, 0.2) is 11.4 Å². The summed E-state index contributed by atoms with van der Waals surface area (Å²) in [5.74, 6) is 0. The summed E-state index contributed by atoms with van der Waals surface area (Å²) in [6.07, 6.45) is 1.92. The number of aromatic nitrogens is 2. The monoisotopic (exact) mass is 251 g/mol. The molecule has 2 aromatic heterocycles. The average molecular weight is 251 g/mol. The number of fused-ring (bicyclic) bond motifs is 1. The fraction of sp³-hybridized carbons (Fsp3) is 0.500. The van der Waals surface area contributed by atoms with Gasteiger partial charge in [0.05, 0.1) is 12.0 Å². The molecule has 17 heavy (non-hydrogen) atoms. The van der Waals surface area contributed by atoms with Gasteiger partial charge in [-0.2, -0.15) is 4.98 Å². The largest absolute Gasteiger partial charge is 0.465 e. The molecule has 2 heterocycles. The number of thiophene rings is 1. The molecule has 2 rings (SSSR count). The van der Waals surface area contributed by atoms with Gasteiger partial charge in [0.2, 0.25) is 0 Å². The Morgan fingerprint density at radius 3 is 2.94 bits per heavy atom. The topological polar surface area (TPSA) is 50.9 Å². The lowest BCUT2D eigenvalue weighted by molar-refractivity contribution is 0.271. The lowest BCUT2D eigenvalue weighted by atomic mass is 10.4. The number of rotatable bonds is 5. The van der Waals surface area contributed by atoms with Gasteiger partial charge in [-0.05, 0) is 24.3 Å². The molecule has 92 valence electrons. The van der Waals surface area contributed by atoms with Crippen molar-refractivity contribution in [3.63, 3.8) is 0 Å². The van der Waals surface area contributed by atoms with Crippen molar-refractivity contribution in [3.8, 4) is 6.01 Å². The summed E-state index contributed by atoms with van der Waals surface area (Å²) in [6.45, 7) is 5.58. The van der Waals surface area contributed by atoms with Crippen LogP contribution in [0.1, 0.15) is 26.7 Å². The molecule has 0 aliphatic rings. The molecular formula is C12H17N3OS. The first-order valence-corrected chi connectivity index (χ1v) is 6.81. The van der Waals surface area contributed by atoms with E-state index >= 15 is 0 Å². The molecule has 2 aromatic rings. The molecule has 0 atom stereocenters. The molecule has 0 saturated carbocycles. The summed E-state index contributed by atoms with van der Waals surface area (Å²) in [6, 6.07) is 2.53. The zero-order valence-corrected chi connectivity index (χ0v) is 11.0. The van der Waals surface area contributed by atoms with E-state index in [0.29, 0.717) is 18.1 Å². The summed E-state index contributed by atoms with van der Waals surface area (Å²) in [4.78, 5) is 5.37. The van der Waals surface area contributed by atoms with Crippen LogP contribution in [0.25, 0.3) is 10.2 Å². The number of ether oxygens (including phenoxy) is 1. The van der Waals surface area contributed by atoms with Gasteiger partial charge in [0.15, 0.2) is 0 Å². The van der Waals surface area contributed by atoms with Crippen LogP contribution in [0.4, 0.5) is 0 Å². The maximum absolute atomic E-state index is 8.19. The molecule has 0 amide bonds. The third-order valence-corrected chi connectivity index (χ3v) is 3.29. The van der Waals surface area contributed by atoms with E-state index in [-0.39, 0.29) is 0 Å². The predicted molar refractivity (Wildman–Crippen MR) is 69.5 cm³/mol. The second-order valence-corrected chi connectivity index (χ2v) is 4.78. The van der Waals surface area contributed by atoms with Gasteiger partial charge in [-0.15, -0.1) is 11.3 Å². The van der Waals surface area contributed by atoms with Crippen molar-refractivity contribution in [2.75, 3.05) is 6.61 Å². The number of hydrogen-bond donors (Lipinski definition) is 1. The van der Waals surface area contributed by atoms with Crippen LogP contribution in [0, 0.1) is 5.41 Å². The molecule has 0 spiro atoms. The highest BCUT2D eigenvalue weighted by Gasteiger charge is 2.09.